The van der Waals surface area contributed by atoms with E-state index in [1.807, 2.05) is 0 Å². The lowest BCUT2D eigenvalue weighted by Gasteiger charge is -2.08. The van der Waals surface area contributed by atoms with Crippen LogP contribution in [0.15, 0.2) is 24.3 Å². The van der Waals surface area contributed by atoms with Crippen molar-refractivity contribution in [3.05, 3.63) is 34.9 Å². The van der Waals surface area contributed by atoms with E-state index in [0.29, 0.717) is 10.6 Å². The lowest BCUT2D eigenvalue weighted by atomic mass is 10.00. The number of hydrogen-bond acceptors (Lipinski definition) is 2. The van der Waals surface area contributed by atoms with Crippen molar-refractivity contribution in [1.82, 2.24) is 0 Å². The van der Waals surface area contributed by atoms with Gasteiger partial charge in [-0.05, 0) is 18.1 Å². The molecule has 15 heavy (non-hydrogen) atoms. The third-order valence-electron chi connectivity index (χ3n) is 1.98. The maximum absolute atomic E-state index is 10.6. The van der Waals surface area contributed by atoms with Crippen molar-refractivity contribution in [2.45, 2.75) is 6.42 Å². The molecule has 80 valence electrons. The third-order valence-corrected chi connectivity index (χ3v) is 2.35. The van der Waals surface area contributed by atoms with Gasteiger partial charge in [-0.2, -0.15) is 0 Å². The van der Waals surface area contributed by atoms with E-state index in [4.69, 9.17) is 21.8 Å². The summed E-state index contributed by atoms with van der Waals surface area (Å²) in [5, 5.41) is 17.7. The molecule has 0 bridgehead atoms. The van der Waals surface area contributed by atoms with Gasteiger partial charge in [-0.3, -0.25) is 9.59 Å². The SMILES string of the molecule is O=C(O)C(Cc1ccccc1Cl)C(=O)O. The predicted molar refractivity (Wildman–Crippen MR) is 53.9 cm³/mol. The van der Waals surface area contributed by atoms with Gasteiger partial charge in [0.15, 0.2) is 5.92 Å². The number of carboxylic acid groups (broad SMARTS) is 2. The minimum Gasteiger partial charge on any atom is -0.481 e. The molecule has 4 nitrogen and oxygen atoms in total. The molecule has 0 saturated carbocycles. The molecule has 2 N–H and O–H groups in total. The topological polar surface area (TPSA) is 74.6 Å². The maximum atomic E-state index is 10.6. The molecule has 1 aromatic rings. The normalized spacial score (nSPS) is 10.3. The Bertz CT molecular complexity index is 375. The quantitative estimate of drug-likeness (QED) is 0.769. The molecule has 1 aromatic carbocycles. The van der Waals surface area contributed by atoms with Crippen molar-refractivity contribution in [2.75, 3.05) is 0 Å². The fourth-order valence-corrected chi connectivity index (χ4v) is 1.38. The first kappa shape index (κ1) is 11.5. The highest BCUT2D eigenvalue weighted by atomic mass is 35.5. The van der Waals surface area contributed by atoms with E-state index in [1.165, 1.54) is 0 Å². The summed E-state index contributed by atoms with van der Waals surface area (Å²) in [7, 11) is 0. The van der Waals surface area contributed by atoms with Crippen molar-refractivity contribution in [3.63, 3.8) is 0 Å². The van der Waals surface area contributed by atoms with Crippen LogP contribution in [0.4, 0.5) is 0 Å². The number of halogens is 1. The predicted octanol–water partition coefficient (Wildman–Crippen LogP) is 1.67. The second-order valence-electron chi connectivity index (χ2n) is 3.02. The molecule has 0 aliphatic rings. The van der Waals surface area contributed by atoms with Gasteiger partial charge in [0.05, 0.1) is 0 Å². The highest BCUT2D eigenvalue weighted by molar-refractivity contribution is 6.31. The van der Waals surface area contributed by atoms with Crippen molar-refractivity contribution < 1.29 is 19.8 Å². The van der Waals surface area contributed by atoms with E-state index in [1.54, 1.807) is 24.3 Å². The van der Waals surface area contributed by atoms with E-state index in [2.05, 4.69) is 0 Å². The Kier molecular flexibility index (Phi) is 3.68. The van der Waals surface area contributed by atoms with Gasteiger partial charge in [0.2, 0.25) is 0 Å². The molecule has 0 amide bonds. The highest BCUT2D eigenvalue weighted by Gasteiger charge is 2.26. The lowest BCUT2D eigenvalue weighted by molar-refractivity contribution is -0.154. The summed E-state index contributed by atoms with van der Waals surface area (Å²) in [6, 6.07) is 6.59. The largest absolute Gasteiger partial charge is 0.481 e. The van der Waals surface area contributed by atoms with Crippen molar-refractivity contribution in [1.29, 1.82) is 0 Å². The van der Waals surface area contributed by atoms with Crippen molar-refractivity contribution in [3.8, 4) is 0 Å². The van der Waals surface area contributed by atoms with Gasteiger partial charge < -0.3 is 10.2 Å². The van der Waals surface area contributed by atoms with Crippen LogP contribution in [0, 0.1) is 5.92 Å². The van der Waals surface area contributed by atoms with E-state index < -0.39 is 17.9 Å². The standard InChI is InChI=1S/C10H9ClO4/c11-8-4-2-1-3-6(8)5-7(9(12)13)10(14)15/h1-4,7H,5H2,(H,12,13)(H,14,15). The zero-order chi connectivity index (χ0) is 11.4. The average molecular weight is 229 g/mol. The van der Waals surface area contributed by atoms with Gasteiger partial charge in [-0.25, -0.2) is 0 Å². The zero-order valence-electron chi connectivity index (χ0n) is 7.68. The van der Waals surface area contributed by atoms with Gasteiger partial charge in [-0.15, -0.1) is 0 Å². The Balaban J connectivity index is 2.88. The summed E-state index contributed by atoms with van der Waals surface area (Å²) >= 11 is 5.79. The van der Waals surface area contributed by atoms with E-state index in [0.717, 1.165) is 0 Å². The van der Waals surface area contributed by atoms with Crippen LogP contribution in [-0.4, -0.2) is 22.2 Å². The van der Waals surface area contributed by atoms with Crippen LogP contribution >= 0.6 is 11.6 Å². The smallest absolute Gasteiger partial charge is 0.318 e. The Labute approximate surface area is 91.1 Å². The molecule has 0 aliphatic carbocycles. The van der Waals surface area contributed by atoms with Crippen LogP contribution in [0.1, 0.15) is 5.56 Å². The summed E-state index contributed by atoms with van der Waals surface area (Å²) in [6.45, 7) is 0. The van der Waals surface area contributed by atoms with Gasteiger partial charge in [-0.1, -0.05) is 29.8 Å². The number of carboxylic acids is 2. The van der Waals surface area contributed by atoms with Gasteiger partial charge in [0.1, 0.15) is 0 Å². The Morgan fingerprint density at radius 1 is 1.20 bits per heavy atom. The molecule has 1 rings (SSSR count). The zero-order valence-corrected chi connectivity index (χ0v) is 8.44. The molecule has 0 saturated heterocycles. The molecule has 0 spiro atoms. The molecular weight excluding hydrogens is 220 g/mol. The van der Waals surface area contributed by atoms with E-state index >= 15 is 0 Å². The maximum Gasteiger partial charge on any atom is 0.318 e. The summed E-state index contributed by atoms with van der Waals surface area (Å²) in [5.41, 5.74) is 0.522. The number of aliphatic carboxylic acids is 2. The second kappa shape index (κ2) is 4.79. The van der Waals surface area contributed by atoms with Crippen molar-refractivity contribution in [2.24, 2.45) is 5.92 Å². The molecule has 0 unspecified atom stereocenters. The summed E-state index contributed by atoms with van der Waals surface area (Å²) in [5.74, 6) is -4.17. The number of rotatable bonds is 4. The van der Waals surface area contributed by atoms with Crippen LogP contribution in [0.5, 0.6) is 0 Å². The van der Waals surface area contributed by atoms with Crippen LogP contribution < -0.4 is 0 Å². The van der Waals surface area contributed by atoms with Crippen LogP contribution in [0.25, 0.3) is 0 Å². The molecule has 0 fully saturated rings. The molecule has 0 atom stereocenters. The van der Waals surface area contributed by atoms with Gasteiger partial charge in [0.25, 0.3) is 0 Å². The molecular formula is C10H9ClO4. The minimum atomic E-state index is -1.45. The minimum absolute atomic E-state index is 0.107. The second-order valence-corrected chi connectivity index (χ2v) is 3.43. The van der Waals surface area contributed by atoms with Gasteiger partial charge >= 0.3 is 11.9 Å². The number of carbonyl (C=O) groups is 2. The molecule has 0 heterocycles. The summed E-state index contributed by atoms with van der Waals surface area (Å²) < 4.78 is 0. The number of benzene rings is 1. The van der Waals surface area contributed by atoms with Gasteiger partial charge in [0, 0.05) is 5.02 Å². The first-order chi connectivity index (χ1) is 7.02. The molecule has 0 aliphatic heterocycles. The molecule has 5 heteroatoms. The van der Waals surface area contributed by atoms with Crippen molar-refractivity contribution >= 4 is 23.5 Å². The van der Waals surface area contributed by atoms with E-state index in [-0.39, 0.29) is 6.42 Å². The molecule has 0 radical (unpaired) electrons. The van der Waals surface area contributed by atoms with Crippen LogP contribution in [-0.2, 0) is 16.0 Å². The Morgan fingerprint density at radius 2 is 1.73 bits per heavy atom. The van der Waals surface area contributed by atoms with E-state index in [9.17, 15) is 9.59 Å². The van der Waals surface area contributed by atoms with Crippen LogP contribution in [0.3, 0.4) is 0 Å². The third kappa shape index (κ3) is 2.95. The molecule has 0 aromatic heterocycles. The summed E-state index contributed by atoms with van der Waals surface area (Å²) in [4.78, 5) is 21.3. The average Bonchev–Trinajstić information content (AvgIpc) is 2.15. The first-order valence-corrected chi connectivity index (χ1v) is 4.59. The fourth-order valence-electron chi connectivity index (χ4n) is 1.16. The highest BCUT2D eigenvalue weighted by Crippen LogP contribution is 2.19. The number of hydrogen-bond donors (Lipinski definition) is 2. The first-order valence-electron chi connectivity index (χ1n) is 4.21. The Hall–Kier alpha value is -1.55. The summed E-state index contributed by atoms with van der Waals surface area (Å²) in [6.07, 6.45) is -0.107. The Morgan fingerprint density at radius 3 is 2.20 bits per heavy atom. The lowest BCUT2D eigenvalue weighted by Crippen LogP contribution is -2.25. The fraction of sp³-hybridized carbons (Fsp3) is 0.200. The monoisotopic (exact) mass is 228 g/mol. The van der Waals surface area contributed by atoms with Crippen LogP contribution in [0.2, 0.25) is 5.02 Å².